The summed E-state index contributed by atoms with van der Waals surface area (Å²) in [7, 11) is 0. The highest BCUT2D eigenvalue weighted by Gasteiger charge is 2.02. The van der Waals surface area contributed by atoms with Crippen LogP contribution in [0.2, 0.25) is 0 Å². The SMILES string of the molecule is C=COC=C(C)OC(C)COC=O. The van der Waals surface area contributed by atoms with Crippen LogP contribution < -0.4 is 0 Å². The number of allylic oxidation sites excluding steroid dienone is 1. The first-order valence-electron chi connectivity index (χ1n) is 3.85. The molecule has 0 rings (SSSR count). The van der Waals surface area contributed by atoms with Gasteiger partial charge in [0.1, 0.15) is 24.7 Å². The summed E-state index contributed by atoms with van der Waals surface area (Å²) in [6, 6.07) is 0. The van der Waals surface area contributed by atoms with Gasteiger partial charge in [-0.1, -0.05) is 6.58 Å². The molecule has 4 nitrogen and oxygen atoms in total. The minimum absolute atomic E-state index is 0.185. The molecule has 0 aliphatic carbocycles. The lowest BCUT2D eigenvalue weighted by atomic mass is 10.4. The fraction of sp³-hybridized carbons (Fsp3) is 0.444. The molecule has 1 atom stereocenters. The Morgan fingerprint density at radius 3 is 2.85 bits per heavy atom. The standard InChI is InChI=1S/C9H14O4/c1-4-11-5-8(2)13-9(3)6-12-7-10/h4-5,7,9H,1,6H2,2-3H3. The summed E-state index contributed by atoms with van der Waals surface area (Å²) in [6.07, 6.45) is 2.53. The van der Waals surface area contributed by atoms with Crippen molar-refractivity contribution in [1.29, 1.82) is 0 Å². The van der Waals surface area contributed by atoms with Crippen LogP contribution in [0.1, 0.15) is 13.8 Å². The van der Waals surface area contributed by atoms with Crippen LogP contribution in [0.3, 0.4) is 0 Å². The molecule has 0 saturated heterocycles. The largest absolute Gasteiger partial charge is 0.489 e. The van der Waals surface area contributed by atoms with Crippen LogP contribution in [0.4, 0.5) is 0 Å². The molecule has 0 saturated carbocycles. The van der Waals surface area contributed by atoms with Gasteiger partial charge in [-0.2, -0.15) is 0 Å². The van der Waals surface area contributed by atoms with Gasteiger partial charge in [0.2, 0.25) is 0 Å². The highest BCUT2D eigenvalue weighted by molar-refractivity contribution is 5.36. The van der Waals surface area contributed by atoms with Gasteiger partial charge >= 0.3 is 0 Å². The number of carbonyl (C=O) groups excluding carboxylic acids is 1. The zero-order valence-corrected chi connectivity index (χ0v) is 7.86. The Kier molecular flexibility index (Phi) is 6.41. The summed E-state index contributed by atoms with van der Waals surface area (Å²) in [6.45, 7) is 7.50. The van der Waals surface area contributed by atoms with Crippen LogP contribution in [-0.4, -0.2) is 19.2 Å². The average Bonchev–Trinajstić information content (AvgIpc) is 2.11. The Morgan fingerprint density at radius 2 is 2.31 bits per heavy atom. The Balaban J connectivity index is 3.69. The second kappa shape index (κ2) is 7.21. The molecule has 0 bridgehead atoms. The molecule has 4 heteroatoms. The predicted molar refractivity (Wildman–Crippen MR) is 47.6 cm³/mol. The van der Waals surface area contributed by atoms with E-state index in [9.17, 15) is 4.79 Å². The first kappa shape index (κ1) is 11.6. The van der Waals surface area contributed by atoms with E-state index >= 15 is 0 Å². The summed E-state index contributed by atoms with van der Waals surface area (Å²) in [5, 5.41) is 0. The van der Waals surface area contributed by atoms with Gasteiger partial charge in [-0.25, -0.2) is 0 Å². The molecule has 0 aromatic carbocycles. The van der Waals surface area contributed by atoms with E-state index in [-0.39, 0.29) is 12.7 Å². The topological polar surface area (TPSA) is 44.8 Å². The maximum atomic E-state index is 9.84. The second-order valence-electron chi connectivity index (χ2n) is 2.39. The Labute approximate surface area is 77.8 Å². The van der Waals surface area contributed by atoms with E-state index in [4.69, 9.17) is 9.47 Å². The fourth-order valence-corrected chi connectivity index (χ4v) is 0.698. The first-order chi connectivity index (χ1) is 6.20. The fourth-order valence-electron chi connectivity index (χ4n) is 0.698. The van der Waals surface area contributed by atoms with Crippen LogP contribution in [0.25, 0.3) is 0 Å². The van der Waals surface area contributed by atoms with Gasteiger partial charge in [0.15, 0.2) is 0 Å². The number of ether oxygens (including phenoxy) is 3. The normalized spacial score (nSPS) is 12.9. The van der Waals surface area contributed by atoms with Gasteiger partial charge in [0.05, 0.1) is 6.26 Å². The van der Waals surface area contributed by atoms with Crippen LogP contribution in [0.15, 0.2) is 24.9 Å². The van der Waals surface area contributed by atoms with Crippen molar-refractivity contribution in [3.63, 3.8) is 0 Å². The Bertz CT molecular complexity index is 186. The van der Waals surface area contributed by atoms with Crippen molar-refractivity contribution in [3.8, 4) is 0 Å². The first-order valence-corrected chi connectivity index (χ1v) is 3.85. The zero-order valence-electron chi connectivity index (χ0n) is 7.86. The molecule has 0 fully saturated rings. The van der Waals surface area contributed by atoms with Crippen molar-refractivity contribution in [1.82, 2.24) is 0 Å². The summed E-state index contributed by atoms with van der Waals surface area (Å²) < 4.78 is 14.5. The number of hydrogen-bond acceptors (Lipinski definition) is 4. The minimum Gasteiger partial charge on any atom is -0.489 e. The van der Waals surface area contributed by atoms with Crippen molar-refractivity contribution < 1.29 is 19.0 Å². The van der Waals surface area contributed by atoms with E-state index in [2.05, 4.69) is 11.3 Å². The zero-order chi connectivity index (χ0) is 10.1. The molecule has 0 aliphatic heterocycles. The highest BCUT2D eigenvalue weighted by atomic mass is 16.6. The molecule has 1 unspecified atom stereocenters. The summed E-state index contributed by atoms with van der Waals surface area (Å²) in [5.74, 6) is 0.599. The van der Waals surface area contributed by atoms with Crippen LogP contribution in [-0.2, 0) is 19.0 Å². The maximum absolute atomic E-state index is 9.84. The number of rotatable bonds is 7. The minimum atomic E-state index is -0.185. The van der Waals surface area contributed by atoms with E-state index in [1.165, 1.54) is 12.5 Å². The molecule has 13 heavy (non-hydrogen) atoms. The van der Waals surface area contributed by atoms with Crippen molar-refractivity contribution in [2.24, 2.45) is 0 Å². The van der Waals surface area contributed by atoms with Crippen LogP contribution in [0.5, 0.6) is 0 Å². The number of carbonyl (C=O) groups is 1. The van der Waals surface area contributed by atoms with Gasteiger partial charge in [-0.05, 0) is 13.8 Å². The smallest absolute Gasteiger partial charge is 0.293 e. The van der Waals surface area contributed by atoms with Gasteiger partial charge in [0.25, 0.3) is 6.47 Å². The van der Waals surface area contributed by atoms with Crippen molar-refractivity contribution >= 4 is 6.47 Å². The van der Waals surface area contributed by atoms with Crippen LogP contribution >= 0.6 is 0 Å². The second-order valence-corrected chi connectivity index (χ2v) is 2.39. The van der Waals surface area contributed by atoms with E-state index in [1.54, 1.807) is 13.8 Å². The molecule has 0 N–H and O–H groups in total. The molecule has 0 aromatic heterocycles. The summed E-state index contributed by atoms with van der Waals surface area (Å²) in [4.78, 5) is 9.84. The average molecular weight is 186 g/mol. The van der Waals surface area contributed by atoms with E-state index in [1.807, 2.05) is 0 Å². The summed E-state index contributed by atoms with van der Waals surface area (Å²) in [5.41, 5.74) is 0. The monoisotopic (exact) mass is 186 g/mol. The molecule has 0 heterocycles. The van der Waals surface area contributed by atoms with Gasteiger partial charge in [0, 0.05) is 0 Å². The third-order valence-electron chi connectivity index (χ3n) is 1.12. The predicted octanol–water partition coefficient (Wildman–Crippen LogP) is 1.59. The quantitative estimate of drug-likeness (QED) is 0.447. The van der Waals surface area contributed by atoms with Crippen molar-refractivity contribution in [3.05, 3.63) is 24.9 Å². The summed E-state index contributed by atoms with van der Waals surface area (Å²) >= 11 is 0. The Hall–Kier alpha value is -1.45. The third kappa shape index (κ3) is 6.93. The van der Waals surface area contributed by atoms with E-state index < -0.39 is 0 Å². The third-order valence-corrected chi connectivity index (χ3v) is 1.12. The van der Waals surface area contributed by atoms with E-state index in [0.717, 1.165) is 0 Å². The van der Waals surface area contributed by atoms with Crippen molar-refractivity contribution in [2.45, 2.75) is 20.0 Å². The Morgan fingerprint density at radius 1 is 1.62 bits per heavy atom. The van der Waals surface area contributed by atoms with E-state index in [0.29, 0.717) is 12.2 Å². The molecule has 0 spiro atoms. The van der Waals surface area contributed by atoms with Crippen LogP contribution in [0, 0.1) is 0 Å². The molecule has 0 radical (unpaired) electrons. The molecule has 0 amide bonds. The molecular weight excluding hydrogens is 172 g/mol. The van der Waals surface area contributed by atoms with Crippen molar-refractivity contribution in [2.75, 3.05) is 6.61 Å². The van der Waals surface area contributed by atoms with Gasteiger partial charge in [-0.3, -0.25) is 4.79 Å². The lowest BCUT2D eigenvalue weighted by molar-refractivity contribution is -0.131. The van der Waals surface area contributed by atoms with Gasteiger partial charge < -0.3 is 14.2 Å². The number of hydrogen-bond donors (Lipinski definition) is 0. The maximum Gasteiger partial charge on any atom is 0.293 e. The highest BCUT2D eigenvalue weighted by Crippen LogP contribution is 2.02. The molecular formula is C9H14O4. The lowest BCUT2D eigenvalue weighted by Crippen LogP contribution is -2.14. The lowest BCUT2D eigenvalue weighted by Gasteiger charge is -2.12. The molecule has 0 aliphatic rings. The molecule has 0 aromatic rings. The van der Waals surface area contributed by atoms with Gasteiger partial charge in [-0.15, -0.1) is 0 Å². The molecule has 74 valence electrons.